The van der Waals surface area contributed by atoms with E-state index in [2.05, 4.69) is 21.8 Å². The number of carboxylic acid groups (broad SMARTS) is 1. The molecule has 3 N–H and O–H groups in total. The van der Waals surface area contributed by atoms with Crippen LogP contribution in [0.15, 0.2) is 60.9 Å². The van der Waals surface area contributed by atoms with Crippen molar-refractivity contribution in [1.82, 2.24) is 9.55 Å². The van der Waals surface area contributed by atoms with Gasteiger partial charge in [0.05, 0.1) is 12.1 Å². The molecule has 0 amide bonds. The van der Waals surface area contributed by atoms with Gasteiger partial charge in [0.15, 0.2) is 5.82 Å². The summed E-state index contributed by atoms with van der Waals surface area (Å²) in [6.07, 6.45) is 5.99. The summed E-state index contributed by atoms with van der Waals surface area (Å²) in [5.74, 6) is -0.114. The Morgan fingerprint density at radius 3 is 2.76 bits per heavy atom. The predicted octanol–water partition coefficient (Wildman–Crippen LogP) is 4.92. The SMILES string of the molecule is NCc1nccc(-c2cc(COc3ccccc3CC(=O)O)cc3c2ccn3CC2CC2)c1F. The lowest BCUT2D eigenvalue weighted by Crippen LogP contribution is -2.06. The first-order valence-corrected chi connectivity index (χ1v) is 11.4. The second-order valence-electron chi connectivity index (χ2n) is 8.78. The van der Waals surface area contributed by atoms with Crippen molar-refractivity contribution in [3.63, 3.8) is 0 Å². The molecule has 0 spiro atoms. The summed E-state index contributed by atoms with van der Waals surface area (Å²) in [5.41, 5.74) is 9.65. The van der Waals surface area contributed by atoms with Crippen LogP contribution >= 0.6 is 0 Å². The first-order valence-electron chi connectivity index (χ1n) is 11.4. The van der Waals surface area contributed by atoms with Gasteiger partial charge in [-0.3, -0.25) is 9.78 Å². The molecule has 0 saturated heterocycles. The molecule has 6 nitrogen and oxygen atoms in total. The van der Waals surface area contributed by atoms with E-state index >= 15 is 4.39 Å². The fraction of sp³-hybridized carbons (Fsp3) is 0.259. The summed E-state index contributed by atoms with van der Waals surface area (Å²) in [6, 6.07) is 14.8. The van der Waals surface area contributed by atoms with Crippen LogP contribution in [-0.4, -0.2) is 20.6 Å². The lowest BCUT2D eigenvalue weighted by Gasteiger charge is -2.14. The van der Waals surface area contributed by atoms with Crippen molar-refractivity contribution < 1.29 is 19.0 Å². The zero-order valence-electron chi connectivity index (χ0n) is 18.7. The standard InChI is InChI=1S/C27H26FN3O3/c28-27-21(7-9-30-23(27)14-29)22-11-18(12-24-20(22)8-10-31(24)15-17-5-6-17)16-34-25-4-2-1-3-19(25)13-26(32)33/h1-4,7-12,17H,5-6,13-16,29H2,(H,32,33). The molecule has 2 aromatic heterocycles. The largest absolute Gasteiger partial charge is 0.489 e. The molecule has 1 aliphatic rings. The number of halogens is 1. The number of nitrogens with two attached hydrogens (primary N) is 1. The molecule has 0 unspecified atom stereocenters. The van der Waals surface area contributed by atoms with Crippen molar-refractivity contribution >= 4 is 16.9 Å². The van der Waals surface area contributed by atoms with Crippen molar-refractivity contribution in [2.45, 2.75) is 39.0 Å². The lowest BCUT2D eigenvalue weighted by molar-refractivity contribution is -0.136. The molecule has 4 aromatic rings. The van der Waals surface area contributed by atoms with E-state index < -0.39 is 11.8 Å². The van der Waals surface area contributed by atoms with Crippen LogP contribution in [0.4, 0.5) is 4.39 Å². The molecular formula is C27H26FN3O3. The number of rotatable bonds is 9. The molecule has 1 fully saturated rings. The van der Waals surface area contributed by atoms with Crippen LogP contribution in [0.1, 0.15) is 29.7 Å². The third-order valence-electron chi connectivity index (χ3n) is 6.25. The molecule has 0 radical (unpaired) electrons. The Hall–Kier alpha value is -3.71. The number of para-hydroxylation sites is 1. The van der Waals surface area contributed by atoms with Gasteiger partial charge in [0.2, 0.25) is 0 Å². The molecule has 1 saturated carbocycles. The Morgan fingerprint density at radius 1 is 1.18 bits per heavy atom. The van der Waals surface area contributed by atoms with Crippen LogP contribution in [-0.2, 0) is 30.9 Å². The van der Waals surface area contributed by atoms with E-state index in [4.69, 9.17) is 10.5 Å². The van der Waals surface area contributed by atoms with Crippen LogP contribution < -0.4 is 10.5 Å². The van der Waals surface area contributed by atoms with Crippen molar-refractivity contribution in [3.05, 3.63) is 83.6 Å². The highest BCUT2D eigenvalue weighted by molar-refractivity contribution is 5.96. The summed E-state index contributed by atoms with van der Waals surface area (Å²) in [7, 11) is 0. The number of pyridine rings is 1. The minimum absolute atomic E-state index is 0.0225. The maximum atomic E-state index is 15.2. The van der Waals surface area contributed by atoms with Gasteiger partial charge >= 0.3 is 5.97 Å². The highest BCUT2D eigenvalue weighted by atomic mass is 19.1. The van der Waals surface area contributed by atoms with Gasteiger partial charge in [-0.2, -0.15) is 0 Å². The summed E-state index contributed by atoms with van der Waals surface area (Å²) in [5, 5.41) is 10.2. The quantitative estimate of drug-likeness (QED) is 0.371. The zero-order chi connectivity index (χ0) is 23.7. The monoisotopic (exact) mass is 459 g/mol. The van der Waals surface area contributed by atoms with Gasteiger partial charge in [-0.05, 0) is 60.2 Å². The second kappa shape index (κ2) is 9.27. The van der Waals surface area contributed by atoms with Crippen LogP contribution in [0.25, 0.3) is 22.0 Å². The first-order chi connectivity index (χ1) is 16.5. The zero-order valence-corrected chi connectivity index (χ0v) is 18.7. The fourth-order valence-electron chi connectivity index (χ4n) is 4.35. The number of carbonyl (C=O) groups is 1. The molecule has 34 heavy (non-hydrogen) atoms. The molecule has 0 bridgehead atoms. The maximum Gasteiger partial charge on any atom is 0.307 e. The van der Waals surface area contributed by atoms with E-state index in [0.29, 0.717) is 22.8 Å². The molecule has 5 rings (SSSR count). The summed E-state index contributed by atoms with van der Waals surface area (Å²) >= 11 is 0. The van der Waals surface area contributed by atoms with Gasteiger partial charge < -0.3 is 20.1 Å². The summed E-state index contributed by atoms with van der Waals surface area (Å²) < 4.78 is 23.5. The van der Waals surface area contributed by atoms with Gasteiger partial charge in [0.1, 0.15) is 12.4 Å². The Kier molecular flexibility index (Phi) is 6.02. The predicted molar refractivity (Wildman–Crippen MR) is 128 cm³/mol. The number of fused-ring (bicyclic) bond motifs is 1. The average Bonchev–Trinajstić information content (AvgIpc) is 3.56. The Morgan fingerprint density at radius 2 is 2.00 bits per heavy atom. The summed E-state index contributed by atoms with van der Waals surface area (Å²) in [4.78, 5) is 15.3. The van der Waals surface area contributed by atoms with E-state index in [1.165, 1.54) is 12.8 Å². The topological polar surface area (TPSA) is 90.4 Å². The molecule has 2 heterocycles. The maximum absolute atomic E-state index is 15.2. The van der Waals surface area contributed by atoms with Crippen LogP contribution in [0.3, 0.4) is 0 Å². The number of ether oxygens (including phenoxy) is 1. The van der Waals surface area contributed by atoms with Crippen LogP contribution in [0.2, 0.25) is 0 Å². The molecule has 174 valence electrons. The number of hydrogen-bond donors (Lipinski definition) is 2. The van der Waals surface area contributed by atoms with Crippen molar-refractivity contribution in [1.29, 1.82) is 0 Å². The van der Waals surface area contributed by atoms with Gasteiger partial charge in [-0.15, -0.1) is 0 Å². The van der Waals surface area contributed by atoms with E-state index in [1.807, 2.05) is 18.2 Å². The number of hydrogen-bond acceptors (Lipinski definition) is 4. The first kappa shape index (κ1) is 22.1. The van der Waals surface area contributed by atoms with E-state index in [0.717, 1.165) is 28.6 Å². The van der Waals surface area contributed by atoms with Gasteiger partial charge in [-0.1, -0.05) is 18.2 Å². The second-order valence-corrected chi connectivity index (χ2v) is 8.78. The Balaban J connectivity index is 1.55. The molecule has 1 aliphatic carbocycles. The summed E-state index contributed by atoms with van der Waals surface area (Å²) in [6.45, 7) is 1.18. The molecule has 0 atom stereocenters. The highest BCUT2D eigenvalue weighted by Crippen LogP contribution is 2.36. The van der Waals surface area contributed by atoms with Crippen LogP contribution in [0, 0.1) is 11.7 Å². The number of nitrogens with zero attached hydrogens (tertiary/aromatic N) is 2. The van der Waals surface area contributed by atoms with E-state index in [-0.39, 0.29) is 25.3 Å². The van der Waals surface area contributed by atoms with Crippen molar-refractivity contribution in [3.8, 4) is 16.9 Å². The molecule has 7 heteroatoms. The van der Waals surface area contributed by atoms with Gasteiger partial charge in [-0.25, -0.2) is 4.39 Å². The molecular weight excluding hydrogens is 433 g/mol. The van der Waals surface area contributed by atoms with Crippen molar-refractivity contribution in [2.75, 3.05) is 0 Å². The minimum Gasteiger partial charge on any atom is -0.489 e. The number of carboxylic acids is 1. The van der Waals surface area contributed by atoms with Crippen LogP contribution in [0.5, 0.6) is 5.75 Å². The van der Waals surface area contributed by atoms with E-state index in [9.17, 15) is 9.90 Å². The smallest absolute Gasteiger partial charge is 0.307 e. The van der Waals surface area contributed by atoms with Gasteiger partial charge in [0, 0.05) is 47.5 Å². The van der Waals surface area contributed by atoms with E-state index in [1.54, 1.807) is 30.5 Å². The number of aromatic nitrogens is 2. The highest BCUT2D eigenvalue weighted by Gasteiger charge is 2.23. The third kappa shape index (κ3) is 4.52. The molecule has 0 aliphatic heterocycles. The normalized spacial score (nSPS) is 13.4. The fourth-order valence-corrected chi connectivity index (χ4v) is 4.35. The molecule has 2 aromatic carbocycles. The van der Waals surface area contributed by atoms with Crippen molar-refractivity contribution in [2.24, 2.45) is 11.7 Å². The average molecular weight is 460 g/mol. The minimum atomic E-state index is -0.915. The Labute approximate surface area is 196 Å². The number of aliphatic carboxylic acids is 1. The Bertz CT molecular complexity index is 1360. The van der Waals surface area contributed by atoms with Gasteiger partial charge in [0.25, 0.3) is 0 Å². The third-order valence-corrected chi connectivity index (χ3v) is 6.25. The number of benzene rings is 2. The lowest BCUT2D eigenvalue weighted by atomic mass is 9.98.